The van der Waals surface area contributed by atoms with E-state index < -0.39 is 23.8 Å². The molecule has 0 spiro atoms. The maximum absolute atomic E-state index is 12.6. The maximum atomic E-state index is 12.6. The molecular weight excluding hydrogens is 420 g/mol. The zero-order chi connectivity index (χ0) is 23.3. The third-order valence-corrected chi connectivity index (χ3v) is 4.91. The lowest BCUT2D eigenvalue weighted by atomic mass is 9.95. The predicted octanol–water partition coefficient (Wildman–Crippen LogP) is 2.69. The summed E-state index contributed by atoms with van der Waals surface area (Å²) >= 11 is 6.15. The van der Waals surface area contributed by atoms with Gasteiger partial charge in [-0.25, -0.2) is 4.79 Å². The van der Waals surface area contributed by atoms with Crippen LogP contribution in [0.2, 0.25) is 5.02 Å². The van der Waals surface area contributed by atoms with Crippen LogP contribution in [0.4, 0.5) is 0 Å². The Labute approximate surface area is 187 Å². The summed E-state index contributed by atoms with van der Waals surface area (Å²) in [6.07, 6.45) is 1.90. The van der Waals surface area contributed by atoms with Gasteiger partial charge < -0.3 is 26.5 Å². The molecule has 1 amide bonds. The number of halogens is 1. The molecule has 31 heavy (non-hydrogen) atoms. The van der Waals surface area contributed by atoms with Crippen LogP contribution < -0.4 is 16.4 Å². The number of ketones is 1. The topological polar surface area (TPSA) is 134 Å². The van der Waals surface area contributed by atoms with Crippen LogP contribution in [0.3, 0.4) is 0 Å². The number of nitrogens with two attached hydrogens (primary N) is 1. The lowest BCUT2D eigenvalue weighted by Gasteiger charge is -2.18. The Balaban J connectivity index is 2.04. The number of carbonyl (C=O) groups excluding carboxylic acids is 3. The van der Waals surface area contributed by atoms with Crippen LogP contribution in [0.1, 0.15) is 56.5 Å². The highest BCUT2D eigenvalue weighted by Crippen LogP contribution is 2.21. The van der Waals surface area contributed by atoms with Gasteiger partial charge in [0.2, 0.25) is 11.7 Å². The van der Waals surface area contributed by atoms with Crippen LogP contribution >= 0.6 is 11.6 Å². The number of amides is 1. The van der Waals surface area contributed by atoms with Crippen molar-refractivity contribution in [2.75, 3.05) is 6.61 Å². The zero-order valence-corrected chi connectivity index (χ0v) is 19.0. The molecule has 1 saturated carbocycles. The highest BCUT2D eigenvalue weighted by molar-refractivity contribution is 6.34. The minimum Gasteiger partial charge on any atom is -0.454 e. The van der Waals surface area contributed by atoms with Gasteiger partial charge in [0.15, 0.2) is 6.61 Å². The quantitative estimate of drug-likeness (QED) is 0.198. The lowest BCUT2D eigenvalue weighted by Crippen LogP contribution is -2.34. The number of carbonyl (C=O) groups is 3. The fraction of sp³-hybridized carbons (Fsp3) is 0.455. The number of nitrogens with one attached hydrogen (secondary N) is 3. The van der Waals surface area contributed by atoms with Crippen molar-refractivity contribution in [3.8, 4) is 0 Å². The van der Waals surface area contributed by atoms with Crippen LogP contribution in [0.15, 0.2) is 29.6 Å². The van der Waals surface area contributed by atoms with Crippen LogP contribution in [-0.2, 0) is 20.9 Å². The van der Waals surface area contributed by atoms with Gasteiger partial charge in [-0.1, -0.05) is 38.4 Å². The second-order valence-corrected chi connectivity index (χ2v) is 8.99. The van der Waals surface area contributed by atoms with E-state index in [1.807, 2.05) is 0 Å². The van der Waals surface area contributed by atoms with E-state index in [-0.39, 0.29) is 46.2 Å². The normalized spacial score (nSPS) is 14.4. The van der Waals surface area contributed by atoms with E-state index in [9.17, 15) is 14.4 Å². The van der Waals surface area contributed by atoms with E-state index in [0.717, 1.165) is 12.8 Å². The Morgan fingerprint density at radius 2 is 1.90 bits per heavy atom. The molecule has 0 radical (unpaired) electrons. The first kappa shape index (κ1) is 24.4. The fourth-order valence-electron chi connectivity index (χ4n) is 2.61. The first-order chi connectivity index (χ1) is 14.4. The molecule has 1 aromatic rings. The van der Waals surface area contributed by atoms with E-state index in [1.165, 1.54) is 6.92 Å². The van der Waals surface area contributed by atoms with Gasteiger partial charge in [0, 0.05) is 29.3 Å². The molecule has 0 unspecified atom stereocenters. The Morgan fingerprint density at radius 1 is 1.26 bits per heavy atom. The van der Waals surface area contributed by atoms with Crippen LogP contribution in [-0.4, -0.2) is 36.0 Å². The molecule has 0 heterocycles. The lowest BCUT2D eigenvalue weighted by molar-refractivity contribution is -0.137. The van der Waals surface area contributed by atoms with E-state index >= 15 is 0 Å². The molecule has 0 aromatic heterocycles. The van der Waals surface area contributed by atoms with Crippen LogP contribution in [0, 0.1) is 10.8 Å². The second-order valence-electron chi connectivity index (χ2n) is 8.58. The van der Waals surface area contributed by atoms with E-state index in [4.69, 9.17) is 27.5 Å². The number of benzene rings is 1. The average Bonchev–Trinajstić information content (AvgIpc) is 3.48. The predicted molar refractivity (Wildman–Crippen MR) is 119 cm³/mol. The molecule has 0 atom stereocenters. The minimum atomic E-state index is -0.851. The first-order valence-electron chi connectivity index (χ1n) is 9.99. The van der Waals surface area contributed by atoms with E-state index in [0.29, 0.717) is 5.56 Å². The SMILES string of the molecule is CC(=N)/C(C(=O)OCC(=O)c1cc(CNC(=O)C(C)(C)C)ccc1Cl)=C(/N)NC1CC1. The summed E-state index contributed by atoms with van der Waals surface area (Å²) < 4.78 is 5.11. The molecule has 8 nitrogen and oxygen atoms in total. The Bertz CT molecular complexity index is 930. The van der Waals surface area contributed by atoms with Gasteiger partial charge in [-0.05, 0) is 37.5 Å². The summed E-state index contributed by atoms with van der Waals surface area (Å²) in [5.41, 5.74) is 6.08. The van der Waals surface area contributed by atoms with Crippen LogP contribution in [0.25, 0.3) is 0 Å². The molecule has 0 saturated heterocycles. The largest absolute Gasteiger partial charge is 0.454 e. The monoisotopic (exact) mass is 448 g/mol. The molecule has 1 fully saturated rings. The zero-order valence-electron chi connectivity index (χ0n) is 18.2. The average molecular weight is 449 g/mol. The van der Waals surface area contributed by atoms with Gasteiger partial charge in [-0.15, -0.1) is 0 Å². The Kier molecular flexibility index (Phi) is 7.84. The summed E-state index contributed by atoms with van der Waals surface area (Å²) in [7, 11) is 0. The molecule has 0 bridgehead atoms. The van der Waals surface area contributed by atoms with Gasteiger partial charge in [0.05, 0.1) is 5.02 Å². The van der Waals surface area contributed by atoms with Gasteiger partial charge in [0.1, 0.15) is 11.4 Å². The molecule has 5 N–H and O–H groups in total. The number of esters is 1. The third kappa shape index (κ3) is 7.10. The molecule has 1 aromatic carbocycles. The molecule has 0 aliphatic heterocycles. The van der Waals surface area contributed by atoms with Crippen molar-refractivity contribution in [1.29, 1.82) is 5.41 Å². The van der Waals surface area contributed by atoms with Gasteiger partial charge >= 0.3 is 5.97 Å². The van der Waals surface area contributed by atoms with E-state index in [1.54, 1.807) is 39.0 Å². The summed E-state index contributed by atoms with van der Waals surface area (Å²) in [4.78, 5) is 37.1. The number of hydrogen-bond donors (Lipinski definition) is 4. The molecule has 1 aliphatic rings. The number of ether oxygens (including phenoxy) is 1. The van der Waals surface area contributed by atoms with Gasteiger partial charge in [-0.3, -0.25) is 9.59 Å². The van der Waals surface area contributed by atoms with Crippen molar-refractivity contribution in [3.05, 3.63) is 45.7 Å². The Morgan fingerprint density at radius 3 is 2.45 bits per heavy atom. The highest BCUT2D eigenvalue weighted by Gasteiger charge is 2.26. The molecule has 168 valence electrons. The van der Waals surface area contributed by atoms with Crippen molar-refractivity contribution in [3.63, 3.8) is 0 Å². The summed E-state index contributed by atoms with van der Waals surface area (Å²) in [5.74, 6) is -1.40. The third-order valence-electron chi connectivity index (χ3n) is 4.59. The van der Waals surface area contributed by atoms with Gasteiger partial charge in [0.25, 0.3) is 0 Å². The highest BCUT2D eigenvalue weighted by atomic mass is 35.5. The summed E-state index contributed by atoms with van der Waals surface area (Å²) in [6, 6.07) is 5.02. The number of Topliss-reactive ketones (excluding diaryl/α,β-unsaturated/α-hetero) is 1. The standard InChI is InChI=1S/C22H29ClN4O4/c1-12(24)18(19(25)27-14-6-7-14)20(29)31-11-17(28)15-9-13(5-8-16(15)23)10-26-21(30)22(2,3)4/h5,8-9,14,24,27H,6-7,10-11,25H2,1-4H3,(H,26,30)/b19-18+,24-12?. The van der Waals surface area contributed by atoms with E-state index in [2.05, 4.69) is 10.6 Å². The summed E-state index contributed by atoms with van der Waals surface area (Å²) in [5, 5.41) is 13.8. The second kappa shape index (κ2) is 9.96. The first-order valence-corrected chi connectivity index (χ1v) is 10.4. The minimum absolute atomic E-state index is 0.0577. The van der Waals surface area contributed by atoms with Crippen molar-refractivity contribution in [2.24, 2.45) is 11.1 Å². The molecule has 1 aliphatic carbocycles. The Hall–Kier alpha value is -2.87. The number of rotatable bonds is 9. The fourth-order valence-corrected chi connectivity index (χ4v) is 2.83. The smallest absolute Gasteiger partial charge is 0.344 e. The van der Waals surface area contributed by atoms with Crippen LogP contribution in [0.5, 0.6) is 0 Å². The summed E-state index contributed by atoms with van der Waals surface area (Å²) in [6.45, 7) is 6.52. The van der Waals surface area contributed by atoms with Crippen molar-refractivity contribution >= 4 is 35.0 Å². The molecule has 9 heteroatoms. The molecule has 2 rings (SSSR count). The van der Waals surface area contributed by atoms with Crippen molar-refractivity contribution in [1.82, 2.24) is 10.6 Å². The van der Waals surface area contributed by atoms with Crippen molar-refractivity contribution in [2.45, 2.75) is 53.1 Å². The maximum Gasteiger partial charge on any atom is 0.344 e. The van der Waals surface area contributed by atoms with Crippen molar-refractivity contribution < 1.29 is 19.1 Å². The van der Waals surface area contributed by atoms with Gasteiger partial charge in [-0.2, -0.15) is 0 Å². The molecular formula is C22H29ClN4O4. The number of hydrogen-bond acceptors (Lipinski definition) is 7.